The lowest BCUT2D eigenvalue weighted by atomic mass is 9.82. The zero-order chi connectivity index (χ0) is 35.6. The van der Waals surface area contributed by atoms with E-state index in [9.17, 15) is 14.7 Å². The van der Waals surface area contributed by atoms with Gasteiger partial charge in [0.25, 0.3) is 11.8 Å². The average molecular weight is 696 g/mol. The Balaban J connectivity index is 1.40. The van der Waals surface area contributed by atoms with Crippen LogP contribution in [-0.4, -0.2) is 73.5 Å². The fourth-order valence-corrected chi connectivity index (χ4v) is 11.9. The lowest BCUT2D eigenvalue weighted by molar-refractivity contribution is -0.145. The Morgan fingerprint density at radius 1 is 1.08 bits per heavy atom. The maximum atomic E-state index is 14.8. The molecule has 4 aromatic rings. The molecule has 2 aliphatic rings. The molecule has 6 rings (SSSR count). The van der Waals surface area contributed by atoms with Gasteiger partial charge in [-0.1, -0.05) is 48.6 Å². The minimum absolute atomic E-state index is 0.000539. The highest BCUT2D eigenvalue weighted by atomic mass is 28.3. The Morgan fingerprint density at radius 2 is 1.76 bits per heavy atom. The largest absolute Gasteiger partial charge is 0.497 e. The van der Waals surface area contributed by atoms with E-state index >= 15 is 0 Å². The smallest absolute Gasteiger partial charge is 0.264 e. The first-order valence-corrected chi connectivity index (χ1v) is 20.0. The Hall–Kier alpha value is -4.78. The molecular weight excluding hydrogens is 651 g/mol. The molecule has 1 fully saturated rings. The number of aryl methyl sites for hydroxylation is 1. The number of nitrogens with one attached hydrogen (secondary N) is 1. The van der Waals surface area contributed by atoms with Crippen LogP contribution in [0.1, 0.15) is 35.0 Å². The summed E-state index contributed by atoms with van der Waals surface area (Å²) >= 11 is 0. The van der Waals surface area contributed by atoms with Crippen molar-refractivity contribution < 1.29 is 28.9 Å². The summed E-state index contributed by atoms with van der Waals surface area (Å²) in [6.45, 7) is 11.6. The third kappa shape index (κ3) is 6.23. The summed E-state index contributed by atoms with van der Waals surface area (Å²) in [5.41, 5.74) is 2.00. The monoisotopic (exact) mass is 695 g/mol. The number of benzene rings is 3. The van der Waals surface area contributed by atoms with Crippen LogP contribution in [0.5, 0.6) is 11.5 Å². The number of ether oxygens (including phenoxy) is 3. The second-order valence-corrected chi connectivity index (χ2v) is 18.2. The quantitative estimate of drug-likeness (QED) is 0.149. The summed E-state index contributed by atoms with van der Waals surface area (Å²) in [5.74, 6) is 0.832. The molecule has 4 atom stereocenters. The molecule has 2 N–H and O–H groups in total. The minimum Gasteiger partial charge on any atom is -0.497 e. The summed E-state index contributed by atoms with van der Waals surface area (Å²) in [5, 5.41) is 22.1. The van der Waals surface area contributed by atoms with Gasteiger partial charge in [-0.3, -0.25) is 14.3 Å². The van der Waals surface area contributed by atoms with E-state index in [1.54, 1.807) is 54.1 Å². The molecule has 0 radical (unpaired) electrons. The van der Waals surface area contributed by atoms with Gasteiger partial charge >= 0.3 is 0 Å². The number of methoxy groups -OCH3 is 2. The van der Waals surface area contributed by atoms with Crippen molar-refractivity contribution in [1.82, 2.24) is 15.0 Å². The van der Waals surface area contributed by atoms with E-state index in [2.05, 4.69) is 54.4 Å². The molecule has 1 aromatic heterocycles. The normalized spacial score (nSPS) is 21.4. The molecule has 0 unspecified atom stereocenters. The van der Waals surface area contributed by atoms with E-state index in [1.165, 1.54) is 5.19 Å². The molecule has 1 spiro atoms. The third-order valence-corrected chi connectivity index (χ3v) is 14.7. The van der Waals surface area contributed by atoms with Crippen LogP contribution in [-0.2, 0) is 28.1 Å². The lowest BCUT2D eigenvalue weighted by Gasteiger charge is -2.37. The maximum Gasteiger partial charge on any atom is 0.264 e. The fourth-order valence-electron chi connectivity index (χ4n) is 7.85. The number of anilines is 2. The van der Waals surface area contributed by atoms with E-state index in [-0.39, 0.29) is 36.0 Å². The van der Waals surface area contributed by atoms with E-state index in [0.29, 0.717) is 42.9 Å². The van der Waals surface area contributed by atoms with Gasteiger partial charge < -0.3 is 29.5 Å². The summed E-state index contributed by atoms with van der Waals surface area (Å²) in [7, 11) is 0.880. The van der Waals surface area contributed by atoms with Crippen molar-refractivity contribution >= 4 is 36.4 Å². The predicted octanol–water partition coefficient (Wildman–Crippen LogP) is 4.92. The molecule has 2 aliphatic heterocycles. The Kier molecular flexibility index (Phi) is 9.97. The number of carbonyl (C=O) groups excluding carboxylic acids is 2. The van der Waals surface area contributed by atoms with Crippen LogP contribution in [0.4, 0.5) is 11.4 Å². The van der Waals surface area contributed by atoms with Crippen molar-refractivity contribution in [2.24, 2.45) is 5.92 Å². The van der Waals surface area contributed by atoms with Gasteiger partial charge in [0.05, 0.1) is 39.8 Å². The molecule has 262 valence electrons. The fraction of sp³-hybridized carbons (Fsp3) is 0.368. The van der Waals surface area contributed by atoms with Gasteiger partial charge in [-0.15, -0.1) is 11.7 Å². The van der Waals surface area contributed by atoms with Crippen LogP contribution in [0, 0.1) is 5.92 Å². The number of rotatable bonds is 13. The minimum atomic E-state index is -2.36. The highest BCUT2D eigenvalue weighted by Crippen LogP contribution is 2.60. The second-order valence-electron chi connectivity index (χ2n) is 13.5. The lowest BCUT2D eigenvalue weighted by Crippen LogP contribution is -2.51. The van der Waals surface area contributed by atoms with E-state index in [1.807, 2.05) is 36.5 Å². The van der Waals surface area contributed by atoms with Crippen molar-refractivity contribution in [2.45, 2.75) is 56.7 Å². The van der Waals surface area contributed by atoms with Crippen LogP contribution in [0.3, 0.4) is 0 Å². The van der Waals surface area contributed by atoms with Crippen LogP contribution >= 0.6 is 0 Å². The molecule has 2 amide bonds. The van der Waals surface area contributed by atoms with Gasteiger partial charge in [0.1, 0.15) is 11.5 Å². The van der Waals surface area contributed by atoms with Crippen molar-refractivity contribution in [3.05, 3.63) is 102 Å². The molecule has 0 bridgehead atoms. The molecule has 3 aromatic carbocycles. The van der Waals surface area contributed by atoms with Crippen molar-refractivity contribution in [3.8, 4) is 11.5 Å². The number of aromatic nitrogens is 3. The predicted molar refractivity (Wildman–Crippen MR) is 195 cm³/mol. The number of amides is 2. The Labute approximate surface area is 293 Å². The van der Waals surface area contributed by atoms with Gasteiger partial charge in [0, 0.05) is 55.0 Å². The molecule has 0 saturated carbocycles. The van der Waals surface area contributed by atoms with E-state index < -0.39 is 13.7 Å². The third-order valence-electron chi connectivity index (χ3n) is 10.4. The molecule has 3 heterocycles. The highest BCUT2D eigenvalue weighted by molar-refractivity contribution is 6.91. The standard InChI is InChI=1S/C38H45N5O6Si/c1-7-20-43-33-17-10-27(39-36(45)26-8-11-29(47-3)12-9-26)23-32(33)38(37(43)46)25(2)35(50(5,6)31-15-13-30(48-4)14-16-31)34(49-38)18-21-42-24-28(19-22-44)40-41-42/h7-17,23-25,34-35,44H,1,18-22H2,2-6H3,(H,39,45)/t25-,34+,35-,38+/m0/s1. The van der Waals surface area contributed by atoms with Gasteiger partial charge in [-0.25, -0.2) is 0 Å². The SMILES string of the molecule is C=CCN1C(=O)[C@]2(O[C@H](CCn3cc(CCO)nn3)[C@@H]([Si](C)(C)c3ccc(OC)cc3)[C@@H]2C)c2cc(NC(=O)c3ccc(OC)cc3)ccc21. The van der Waals surface area contributed by atoms with Gasteiger partial charge in [-0.2, -0.15) is 0 Å². The van der Waals surface area contributed by atoms with Crippen molar-refractivity contribution in [3.63, 3.8) is 0 Å². The van der Waals surface area contributed by atoms with Gasteiger partial charge in [0.15, 0.2) is 5.60 Å². The van der Waals surface area contributed by atoms with Crippen LogP contribution < -0.4 is 24.9 Å². The average Bonchev–Trinajstić information content (AvgIpc) is 3.77. The number of carbonyl (C=O) groups is 2. The molecule has 12 heteroatoms. The molecule has 0 aliphatic carbocycles. The summed E-state index contributed by atoms with van der Waals surface area (Å²) in [6.07, 6.45) is 4.31. The van der Waals surface area contributed by atoms with Crippen LogP contribution in [0.15, 0.2) is 85.6 Å². The summed E-state index contributed by atoms with van der Waals surface area (Å²) in [6, 6.07) is 20.8. The van der Waals surface area contributed by atoms with Crippen LogP contribution in [0.2, 0.25) is 18.6 Å². The second kappa shape index (κ2) is 14.2. The molecule has 1 saturated heterocycles. The number of aliphatic hydroxyl groups excluding tert-OH is 1. The zero-order valence-electron chi connectivity index (χ0n) is 29.3. The first-order valence-electron chi connectivity index (χ1n) is 16.9. The van der Waals surface area contributed by atoms with Gasteiger partial charge in [-0.05, 0) is 66.6 Å². The van der Waals surface area contributed by atoms with Gasteiger partial charge in [0.2, 0.25) is 0 Å². The first-order chi connectivity index (χ1) is 24.1. The number of nitrogens with zero attached hydrogens (tertiary/aromatic N) is 4. The number of aliphatic hydroxyl groups is 1. The summed E-state index contributed by atoms with van der Waals surface area (Å²) < 4.78 is 19.7. The number of hydrogen-bond donors (Lipinski definition) is 2. The Morgan fingerprint density at radius 3 is 2.40 bits per heavy atom. The molecule has 50 heavy (non-hydrogen) atoms. The highest BCUT2D eigenvalue weighted by Gasteiger charge is 2.66. The van der Waals surface area contributed by atoms with Crippen molar-refractivity contribution in [2.75, 3.05) is 37.6 Å². The van der Waals surface area contributed by atoms with Crippen LogP contribution in [0.25, 0.3) is 0 Å². The van der Waals surface area contributed by atoms with Crippen molar-refractivity contribution in [1.29, 1.82) is 0 Å². The zero-order valence-corrected chi connectivity index (χ0v) is 30.3. The number of fused-ring (bicyclic) bond motifs is 2. The first kappa shape index (κ1) is 35.1. The summed E-state index contributed by atoms with van der Waals surface area (Å²) in [4.78, 5) is 29.9. The van der Waals surface area contributed by atoms with E-state index in [0.717, 1.165) is 22.7 Å². The molecule has 11 nitrogen and oxygen atoms in total. The maximum absolute atomic E-state index is 14.8. The Bertz CT molecular complexity index is 1860. The topological polar surface area (TPSA) is 128 Å². The molecular formula is C38H45N5O6Si. The van der Waals surface area contributed by atoms with E-state index in [4.69, 9.17) is 14.2 Å². The number of hydrogen-bond acceptors (Lipinski definition) is 8.